The third-order valence-corrected chi connectivity index (χ3v) is 11.3. The molecule has 0 amide bonds. The van der Waals surface area contributed by atoms with E-state index < -0.39 is 0 Å². The van der Waals surface area contributed by atoms with E-state index in [4.69, 9.17) is 15.0 Å². The number of fused-ring (bicyclic) bond motifs is 6. The molecule has 4 heteroatoms. The Hall–Kier alpha value is -7.17. The molecule has 0 bridgehead atoms. The summed E-state index contributed by atoms with van der Waals surface area (Å²) in [5.74, 6) is 2.49. The van der Waals surface area contributed by atoms with Crippen molar-refractivity contribution in [2.24, 2.45) is 5.92 Å². The predicted molar refractivity (Wildman–Crippen MR) is 233 cm³/mol. The smallest absolute Gasteiger partial charge is 0.164 e. The molecule has 2 aromatic heterocycles. The molecule has 0 saturated heterocycles. The van der Waals surface area contributed by atoms with E-state index in [2.05, 4.69) is 194 Å². The van der Waals surface area contributed by atoms with Gasteiger partial charge in [-0.1, -0.05) is 140 Å². The number of aromatic nitrogens is 4. The van der Waals surface area contributed by atoms with Crippen LogP contribution in [-0.4, -0.2) is 19.5 Å². The normalized spacial score (nSPS) is 13.8. The van der Waals surface area contributed by atoms with Gasteiger partial charge in [-0.3, -0.25) is 0 Å². The number of hydrogen-bond acceptors (Lipinski definition) is 3. The van der Waals surface area contributed by atoms with Crippen molar-refractivity contribution in [3.63, 3.8) is 0 Å². The maximum Gasteiger partial charge on any atom is 0.164 e. The van der Waals surface area contributed by atoms with Gasteiger partial charge in [0.2, 0.25) is 0 Å². The third kappa shape index (κ3) is 5.57. The van der Waals surface area contributed by atoms with Crippen molar-refractivity contribution in [2.75, 3.05) is 0 Å². The second kappa shape index (κ2) is 13.0. The van der Waals surface area contributed by atoms with E-state index in [1.54, 1.807) is 0 Å². The molecule has 56 heavy (non-hydrogen) atoms. The molecule has 264 valence electrons. The van der Waals surface area contributed by atoms with E-state index >= 15 is 0 Å². The van der Waals surface area contributed by atoms with Gasteiger partial charge in [0.25, 0.3) is 0 Å². The van der Waals surface area contributed by atoms with E-state index in [0.717, 1.165) is 45.3 Å². The number of rotatable bonds is 5. The monoisotopic (exact) mass is 716 g/mol. The SMILES string of the molecule is CC1C=Cc2ccc(-c3nc(-c4cccc(-c5ccc(-n6c7ccccc7c7cc8ccccc8cc76)cc5)c4)nc(-c4ccc5ccccc5c4)n3)cc2C1. The fourth-order valence-electron chi connectivity index (χ4n) is 8.43. The average Bonchev–Trinajstić information content (AvgIpc) is 3.58. The quantitative estimate of drug-likeness (QED) is 0.178. The topological polar surface area (TPSA) is 43.6 Å². The molecular weight excluding hydrogens is 681 g/mol. The van der Waals surface area contributed by atoms with Crippen LogP contribution in [0, 0.1) is 5.92 Å². The van der Waals surface area contributed by atoms with Crippen molar-refractivity contribution in [1.82, 2.24) is 19.5 Å². The lowest BCUT2D eigenvalue weighted by molar-refractivity contribution is 0.717. The van der Waals surface area contributed by atoms with Crippen LogP contribution < -0.4 is 0 Å². The molecule has 10 aromatic rings. The summed E-state index contributed by atoms with van der Waals surface area (Å²) in [6, 6.07) is 60.8. The van der Waals surface area contributed by atoms with Gasteiger partial charge in [-0.15, -0.1) is 0 Å². The van der Waals surface area contributed by atoms with Crippen LogP contribution in [0.2, 0.25) is 0 Å². The molecule has 0 saturated carbocycles. The molecule has 0 spiro atoms. The summed E-state index contributed by atoms with van der Waals surface area (Å²) >= 11 is 0. The summed E-state index contributed by atoms with van der Waals surface area (Å²) in [7, 11) is 0. The summed E-state index contributed by atoms with van der Waals surface area (Å²) in [6.45, 7) is 2.26. The van der Waals surface area contributed by atoms with Gasteiger partial charge < -0.3 is 4.57 Å². The number of allylic oxidation sites excluding steroid dienone is 1. The van der Waals surface area contributed by atoms with Crippen molar-refractivity contribution < 1.29 is 0 Å². The lowest BCUT2D eigenvalue weighted by atomic mass is 9.89. The Balaban J connectivity index is 1.00. The largest absolute Gasteiger partial charge is 0.309 e. The molecule has 1 aliphatic carbocycles. The molecular formula is C52H36N4. The van der Waals surface area contributed by atoms with Gasteiger partial charge >= 0.3 is 0 Å². The van der Waals surface area contributed by atoms with Crippen LogP contribution in [0.4, 0.5) is 0 Å². The van der Waals surface area contributed by atoms with Crippen LogP contribution >= 0.6 is 0 Å². The van der Waals surface area contributed by atoms with Gasteiger partial charge in [-0.25, -0.2) is 15.0 Å². The Labute approximate surface area is 325 Å². The molecule has 11 rings (SSSR count). The van der Waals surface area contributed by atoms with Crippen molar-refractivity contribution in [3.05, 3.63) is 187 Å². The number of nitrogens with zero attached hydrogens (tertiary/aromatic N) is 4. The van der Waals surface area contributed by atoms with E-state index in [1.165, 1.54) is 49.1 Å². The summed E-state index contributed by atoms with van der Waals surface area (Å²) in [5.41, 5.74) is 11.3. The Morgan fingerprint density at radius 2 is 1.05 bits per heavy atom. The lowest BCUT2D eigenvalue weighted by Gasteiger charge is -2.17. The van der Waals surface area contributed by atoms with Crippen LogP contribution in [0.15, 0.2) is 176 Å². The molecule has 0 radical (unpaired) electrons. The maximum absolute atomic E-state index is 5.15. The molecule has 4 nitrogen and oxygen atoms in total. The van der Waals surface area contributed by atoms with Crippen molar-refractivity contribution in [3.8, 4) is 51.0 Å². The molecule has 0 N–H and O–H groups in total. The molecule has 2 heterocycles. The predicted octanol–water partition coefficient (Wildman–Crippen LogP) is 13.1. The van der Waals surface area contributed by atoms with Gasteiger partial charge in [-0.05, 0) is 105 Å². The zero-order chi connectivity index (χ0) is 37.2. The first-order chi connectivity index (χ1) is 27.6. The Kier molecular flexibility index (Phi) is 7.49. The Morgan fingerprint density at radius 3 is 1.84 bits per heavy atom. The fraction of sp³-hybridized carbons (Fsp3) is 0.0577. The first kappa shape index (κ1) is 32.3. The highest BCUT2D eigenvalue weighted by atomic mass is 15.0. The van der Waals surface area contributed by atoms with Gasteiger partial charge in [0.15, 0.2) is 17.5 Å². The highest BCUT2D eigenvalue weighted by Crippen LogP contribution is 2.36. The first-order valence-corrected chi connectivity index (χ1v) is 19.3. The second-order valence-electron chi connectivity index (χ2n) is 15.0. The number of para-hydroxylation sites is 1. The summed E-state index contributed by atoms with van der Waals surface area (Å²) < 4.78 is 2.38. The van der Waals surface area contributed by atoms with Crippen LogP contribution in [0.25, 0.3) is 100 Å². The summed E-state index contributed by atoms with van der Waals surface area (Å²) in [5, 5.41) is 7.35. The average molecular weight is 717 g/mol. The van der Waals surface area contributed by atoms with E-state index in [0.29, 0.717) is 23.4 Å². The lowest BCUT2D eigenvalue weighted by Crippen LogP contribution is -2.04. The Morgan fingerprint density at radius 1 is 0.446 bits per heavy atom. The number of benzene rings is 8. The van der Waals surface area contributed by atoms with Gasteiger partial charge in [0, 0.05) is 33.2 Å². The third-order valence-electron chi connectivity index (χ3n) is 11.3. The standard InChI is InChI=1S/C52H36N4/c1-33-17-18-36-20-22-43(30-44(36)27-33)52-54-50(53-51(55-52)42-21-19-34-9-2-3-10-37(34)29-42)41-14-8-13-38(28-41)35-23-25-45(26-24-35)56-48-16-7-6-15-46(48)47-31-39-11-4-5-12-40(39)32-49(47)56/h2-26,28-33H,27H2,1H3. The highest BCUT2D eigenvalue weighted by molar-refractivity contribution is 6.13. The zero-order valence-corrected chi connectivity index (χ0v) is 30.9. The highest BCUT2D eigenvalue weighted by Gasteiger charge is 2.17. The molecule has 1 unspecified atom stereocenters. The van der Waals surface area contributed by atoms with Gasteiger partial charge in [0.1, 0.15) is 0 Å². The minimum atomic E-state index is 0.499. The van der Waals surface area contributed by atoms with Crippen LogP contribution in [0.5, 0.6) is 0 Å². The van der Waals surface area contributed by atoms with E-state index in [-0.39, 0.29) is 0 Å². The van der Waals surface area contributed by atoms with Crippen LogP contribution in [-0.2, 0) is 6.42 Å². The summed E-state index contributed by atoms with van der Waals surface area (Å²) in [6.07, 6.45) is 5.52. The second-order valence-corrected chi connectivity index (χ2v) is 15.0. The maximum atomic E-state index is 5.15. The fourth-order valence-corrected chi connectivity index (χ4v) is 8.43. The van der Waals surface area contributed by atoms with E-state index in [1.807, 2.05) is 0 Å². The minimum Gasteiger partial charge on any atom is -0.309 e. The molecule has 1 atom stereocenters. The number of hydrogen-bond donors (Lipinski definition) is 0. The van der Waals surface area contributed by atoms with Gasteiger partial charge in [0.05, 0.1) is 11.0 Å². The van der Waals surface area contributed by atoms with Crippen molar-refractivity contribution >= 4 is 49.4 Å². The first-order valence-electron chi connectivity index (χ1n) is 19.3. The minimum absolute atomic E-state index is 0.499. The van der Waals surface area contributed by atoms with Crippen LogP contribution in [0.3, 0.4) is 0 Å². The van der Waals surface area contributed by atoms with E-state index in [9.17, 15) is 0 Å². The van der Waals surface area contributed by atoms with Crippen molar-refractivity contribution in [2.45, 2.75) is 13.3 Å². The van der Waals surface area contributed by atoms with Crippen molar-refractivity contribution in [1.29, 1.82) is 0 Å². The van der Waals surface area contributed by atoms with Crippen LogP contribution in [0.1, 0.15) is 18.1 Å². The zero-order valence-electron chi connectivity index (χ0n) is 30.9. The molecule has 0 aliphatic heterocycles. The molecule has 0 fully saturated rings. The molecule has 1 aliphatic rings. The molecule has 8 aromatic carbocycles. The summed E-state index contributed by atoms with van der Waals surface area (Å²) in [4.78, 5) is 15.4. The van der Waals surface area contributed by atoms with Gasteiger partial charge in [-0.2, -0.15) is 0 Å². The Bertz CT molecular complexity index is 3190.